The summed E-state index contributed by atoms with van der Waals surface area (Å²) < 4.78 is 56.6. The first-order valence-electron chi connectivity index (χ1n) is 26.0. The second kappa shape index (κ2) is 40.6. The van der Waals surface area contributed by atoms with Crippen LogP contribution in [0.2, 0.25) is 0 Å². The van der Waals surface area contributed by atoms with Crippen LogP contribution in [-0.4, -0.2) is 96.9 Å². The van der Waals surface area contributed by atoms with E-state index in [4.69, 9.17) is 29.0 Å². The summed E-state index contributed by atoms with van der Waals surface area (Å²) in [7, 11) is -10.9. The van der Waals surface area contributed by atoms with Crippen LogP contribution in [0, 0.1) is 0 Å². The fourth-order valence-corrected chi connectivity index (χ4v) is 8.98. The lowest BCUT2D eigenvalue weighted by Crippen LogP contribution is -2.36. The number of nitrogens with zero attached hydrogens (tertiary/aromatic N) is 2. The standard InChI is InChI=1S/C54H83N3O16P2/c1-3-5-7-8-9-10-11-12-13-14-15-16-17-18-21-24-27-30-34-38-49(59)68-42-46(71-50(60)39-35-31-28-25-22-19-20-23-26-29-33-37-45(58)36-32-6-4-2)43-69-74(64,65)73-75(66,67)70-44-47-51(61)52(62)53(72-47)57-41-40-48(55)56-54(57)63/h9-10,12-13,15-16,18-21,25-30,33,37,40-41,45-47,51-53,58,61-62H,3-8,11,14,17,22-24,31-32,34-36,38-39,42-44H2,1-2H3,(H,64,65)(H,66,67)(H2,55,56,63)/b10-9-,13-12-,16-15-,20-19-,21-18-,28-25-,29-26-,30-27-,37-33+/t45-,46+,47+,51+,52+,53+/m0/s1. The lowest BCUT2D eigenvalue weighted by Gasteiger charge is -2.21. The van der Waals surface area contributed by atoms with Crippen molar-refractivity contribution in [1.29, 1.82) is 0 Å². The van der Waals surface area contributed by atoms with Crippen molar-refractivity contribution < 1.29 is 71.4 Å². The predicted octanol–water partition coefficient (Wildman–Crippen LogP) is 9.97. The Morgan fingerprint density at radius 2 is 1.25 bits per heavy atom. The number of aliphatic hydroxyl groups excluding tert-OH is 3. The highest BCUT2D eigenvalue weighted by Crippen LogP contribution is 2.60. The normalized spacial score (nSPS) is 20.1. The van der Waals surface area contributed by atoms with Crippen molar-refractivity contribution in [3.05, 3.63) is 132 Å². The maximum atomic E-state index is 12.9. The number of carbonyl (C=O) groups is 2. The van der Waals surface area contributed by atoms with Crippen LogP contribution in [0.1, 0.15) is 142 Å². The minimum absolute atomic E-state index is 0.0239. The molecule has 2 heterocycles. The predicted molar refractivity (Wildman–Crippen MR) is 290 cm³/mol. The number of phosphoric acid groups is 2. The molecule has 0 aliphatic carbocycles. The maximum Gasteiger partial charge on any atom is 0.481 e. The SMILES string of the molecule is CCCCC/C=C\C/C=C\C/C=C\C/C=C\C/C=C\CCC(=O)OC[C@H](COP(=O)(O)OP(=O)(O)OC[C@H]1O[C@@H](n2ccc(N)nc2=O)[C@H](O)[C@@H]1O)OC(=O)CCC/C=C\C/C=C\C/C=C\C=C\[C@@H](O)CCCCC. The number of ether oxygens (including phenoxy) is 3. The molecule has 1 aliphatic heterocycles. The van der Waals surface area contributed by atoms with Gasteiger partial charge in [-0.25, -0.2) is 13.9 Å². The Labute approximate surface area is 443 Å². The fraction of sp³-hybridized carbons (Fsp3) is 0.556. The third kappa shape index (κ3) is 33.2. The second-order valence-corrected chi connectivity index (χ2v) is 20.6. The summed E-state index contributed by atoms with van der Waals surface area (Å²) in [6, 6.07) is 1.24. The Morgan fingerprint density at radius 3 is 1.85 bits per heavy atom. The van der Waals surface area contributed by atoms with Gasteiger partial charge >= 0.3 is 33.3 Å². The molecule has 75 heavy (non-hydrogen) atoms. The van der Waals surface area contributed by atoms with Gasteiger partial charge in [-0.2, -0.15) is 9.29 Å². The summed E-state index contributed by atoms with van der Waals surface area (Å²) in [6.45, 7) is 1.86. The van der Waals surface area contributed by atoms with Gasteiger partial charge < -0.3 is 45.1 Å². The van der Waals surface area contributed by atoms with Crippen molar-refractivity contribution in [2.45, 2.75) is 173 Å². The molecule has 1 aliphatic rings. The summed E-state index contributed by atoms with van der Waals surface area (Å²) in [6.07, 6.45) is 43.7. The van der Waals surface area contributed by atoms with Crippen LogP contribution >= 0.6 is 15.6 Å². The van der Waals surface area contributed by atoms with Crippen molar-refractivity contribution in [1.82, 2.24) is 9.55 Å². The van der Waals surface area contributed by atoms with Crippen LogP contribution in [0.25, 0.3) is 0 Å². The highest BCUT2D eigenvalue weighted by Gasteiger charge is 2.46. The minimum atomic E-state index is -5.47. The van der Waals surface area contributed by atoms with Crippen LogP contribution in [-0.2, 0) is 46.3 Å². The zero-order chi connectivity index (χ0) is 55.0. The van der Waals surface area contributed by atoms with Crippen LogP contribution in [0.5, 0.6) is 0 Å². The van der Waals surface area contributed by atoms with E-state index in [-0.39, 0.29) is 18.7 Å². The number of carbonyl (C=O) groups excluding carboxylic acids is 2. The van der Waals surface area contributed by atoms with Crippen LogP contribution in [0.4, 0.5) is 5.82 Å². The van der Waals surface area contributed by atoms with Gasteiger partial charge in [0.15, 0.2) is 12.3 Å². The molecule has 0 amide bonds. The number of phosphoric ester groups is 2. The van der Waals surface area contributed by atoms with E-state index in [1.165, 1.54) is 25.3 Å². The van der Waals surface area contributed by atoms with E-state index in [0.717, 1.165) is 68.6 Å². The fourth-order valence-electron chi connectivity index (χ4n) is 6.87. The first-order chi connectivity index (χ1) is 36.1. The van der Waals surface area contributed by atoms with Crippen molar-refractivity contribution in [2.75, 3.05) is 25.6 Å². The minimum Gasteiger partial charge on any atom is -0.462 e. The van der Waals surface area contributed by atoms with Gasteiger partial charge in [0, 0.05) is 19.0 Å². The van der Waals surface area contributed by atoms with Gasteiger partial charge in [0.25, 0.3) is 0 Å². The zero-order valence-electron chi connectivity index (χ0n) is 43.7. The number of rotatable bonds is 41. The molecule has 21 heteroatoms. The number of nitrogens with two attached hydrogens (primary N) is 1. The molecule has 0 aromatic carbocycles. The molecule has 0 bridgehead atoms. The molecule has 7 N–H and O–H groups in total. The average Bonchev–Trinajstić information content (AvgIpc) is 3.64. The zero-order valence-corrected chi connectivity index (χ0v) is 45.4. The largest absolute Gasteiger partial charge is 0.481 e. The number of unbranched alkanes of at least 4 members (excludes halogenated alkanes) is 6. The first kappa shape index (κ1) is 66.5. The van der Waals surface area contributed by atoms with Gasteiger partial charge in [0.05, 0.1) is 19.3 Å². The number of aliphatic hydroxyl groups is 3. The Morgan fingerprint density at radius 1 is 0.707 bits per heavy atom. The van der Waals surface area contributed by atoms with Crippen LogP contribution < -0.4 is 11.4 Å². The van der Waals surface area contributed by atoms with E-state index < -0.39 is 89.8 Å². The van der Waals surface area contributed by atoms with Crippen molar-refractivity contribution >= 4 is 33.4 Å². The van der Waals surface area contributed by atoms with Crippen molar-refractivity contribution in [2.24, 2.45) is 0 Å². The summed E-state index contributed by atoms with van der Waals surface area (Å²) in [5.74, 6) is -1.51. The van der Waals surface area contributed by atoms with Gasteiger partial charge in [-0.15, -0.1) is 0 Å². The molecule has 2 unspecified atom stereocenters. The first-order valence-corrected chi connectivity index (χ1v) is 29.0. The molecule has 2 rings (SSSR count). The molecule has 1 aromatic heterocycles. The number of anilines is 1. The highest BCUT2D eigenvalue weighted by atomic mass is 31.3. The second-order valence-electron chi connectivity index (χ2n) is 17.5. The van der Waals surface area contributed by atoms with E-state index in [0.29, 0.717) is 32.1 Å². The van der Waals surface area contributed by atoms with Crippen molar-refractivity contribution in [3.63, 3.8) is 0 Å². The van der Waals surface area contributed by atoms with Gasteiger partial charge in [0.2, 0.25) is 0 Å². The van der Waals surface area contributed by atoms with Crippen molar-refractivity contribution in [3.8, 4) is 0 Å². The van der Waals surface area contributed by atoms with E-state index in [1.807, 2.05) is 60.8 Å². The number of hydrogen-bond donors (Lipinski definition) is 6. The number of allylic oxidation sites excluding steroid dienone is 17. The Kier molecular flexibility index (Phi) is 36.0. The van der Waals surface area contributed by atoms with E-state index in [2.05, 4.69) is 65.7 Å². The Bertz CT molecular complexity index is 2200. The molecule has 420 valence electrons. The van der Waals surface area contributed by atoms with Gasteiger partial charge in [0.1, 0.15) is 30.7 Å². The lowest BCUT2D eigenvalue weighted by molar-refractivity contribution is -0.161. The number of nitrogen functional groups attached to an aromatic ring is 1. The molecule has 0 spiro atoms. The molecule has 1 aromatic rings. The monoisotopic (exact) mass is 1090 g/mol. The van der Waals surface area contributed by atoms with Gasteiger partial charge in [-0.1, -0.05) is 155 Å². The summed E-state index contributed by atoms with van der Waals surface area (Å²) in [5.41, 5.74) is 4.57. The number of hydrogen-bond acceptors (Lipinski definition) is 16. The smallest absolute Gasteiger partial charge is 0.462 e. The van der Waals surface area contributed by atoms with E-state index in [1.54, 1.807) is 6.08 Å². The quantitative estimate of drug-likeness (QED) is 0.0117. The molecule has 0 radical (unpaired) electrons. The molecule has 19 nitrogen and oxygen atoms in total. The third-order valence-corrected chi connectivity index (χ3v) is 13.5. The summed E-state index contributed by atoms with van der Waals surface area (Å²) in [4.78, 5) is 61.9. The van der Waals surface area contributed by atoms with E-state index in [9.17, 15) is 48.6 Å². The Balaban J connectivity index is 1.87. The summed E-state index contributed by atoms with van der Waals surface area (Å²) >= 11 is 0. The Hall–Kier alpha value is -4.62. The van der Waals surface area contributed by atoms with Gasteiger partial charge in [-0.05, 0) is 83.1 Å². The van der Waals surface area contributed by atoms with Gasteiger partial charge in [-0.3, -0.25) is 23.2 Å². The molecular formula is C54H83N3O16P2. The lowest BCUT2D eigenvalue weighted by atomic mass is 10.1. The van der Waals surface area contributed by atoms with Crippen LogP contribution in [0.15, 0.2) is 126 Å². The topological polar surface area (TPSA) is 286 Å². The molecular weight excluding hydrogens is 1010 g/mol. The number of esters is 2. The number of aromatic nitrogens is 2. The summed E-state index contributed by atoms with van der Waals surface area (Å²) in [5, 5.41) is 30.9. The molecule has 0 saturated carbocycles. The molecule has 8 atom stereocenters. The maximum absolute atomic E-state index is 12.9. The highest BCUT2D eigenvalue weighted by molar-refractivity contribution is 7.61. The van der Waals surface area contributed by atoms with E-state index >= 15 is 0 Å². The van der Waals surface area contributed by atoms with Crippen LogP contribution in [0.3, 0.4) is 0 Å². The average molecular weight is 1090 g/mol. The molecule has 1 fully saturated rings. The molecule has 1 saturated heterocycles. The third-order valence-electron chi connectivity index (χ3n) is 10.9.